The van der Waals surface area contributed by atoms with Gasteiger partial charge in [0.15, 0.2) is 0 Å². The molecule has 0 saturated carbocycles. The van der Waals surface area contributed by atoms with Gasteiger partial charge in [-0.05, 0) is 18.6 Å². The summed E-state index contributed by atoms with van der Waals surface area (Å²) in [5.74, 6) is 0.173. The van der Waals surface area contributed by atoms with Gasteiger partial charge < -0.3 is 10.6 Å². The Kier molecular flexibility index (Phi) is 3.59. The highest BCUT2D eigenvalue weighted by molar-refractivity contribution is 7.80. The van der Waals surface area contributed by atoms with Crippen LogP contribution in [0.5, 0.6) is 0 Å². The van der Waals surface area contributed by atoms with Crippen LogP contribution in [0.2, 0.25) is 0 Å². The molecule has 0 aliphatic carbocycles. The Morgan fingerprint density at radius 3 is 2.77 bits per heavy atom. The van der Waals surface area contributed by atoms with E-state index in [-0.39, 0.29) is 5.91 Å². The number of nitrogens with zero attached hydrogens (tertiary/aromatic N) is 1. The average Bonchev–Trinajstić information content (AvgIpc) is 2.47. The molecule has 13 heavy (non-hydrogen) atoms. The SMILES string of the molecule is NC(=O)C(CCS)N1CCCC1=O. The van der Waals surface area contributed by atoms with Crippen LogP contribution >= 0.6 is 12.6 Å². The van der Waals surface area contributed by atoms with Gasteiger partial charge in [0, 0.05) is 13.0 Å². The van der Waals surface area contributed by atoms with E-state index in [0.29, 0.717) is 25.1 Å². The summed E-state index contributed by atoms with van der Waals surface area (Å²) in [5.41, 5.74) is 5.20. The van der Waals surface area contributed by atoms with E-state index in [2.05, 4.69) is 12.6 Å². The number of hydrogen-bond donors (Lipinski definition) is 2. The first-order valence-corrected chi connectivity index (χ1v) is 4.99. The lowest BCUT2D eigenvalue weighted by molar-refractivity contribution is -0.136. The lowest BCUT2D eigenvalue weighted by atomic mass is 10.2. The molecule has 2 N–H and O–H groups in total. The normalized spacial score (nSPS) is 19.2. The summed E-state index contributed by atoms with van der Waals surface area (Å²) in [6.07, 6.45) is 1.91. The maximum Gasteiger partial charge on any atom is 0.240 e. The molecule has 5 heteroatoms. The van der Waals surface area contributed by atoms with Gasteiger partial charge in [0.1, 0.15) is 6.04 Å². The van der Waals surface area contributed by atoms with Crippen LogP contribution in [0.15, 0.2) is 0 Å². The minimum absolute atomic E-state index is 0.0329. The predicted molar refractivity (Wildman–Crippen MR) is 52.4 cm³/mol. The Labute approximate surface area is 82.9 Å². The van der Waals surface area contributed by atoms with E-state index in [1.54, 1.807) is 4.90 Å². The summed E-state index contributed by atoms with van der Waals surface area (Å²) in [4.78, 5) is 23.9. The van der Waals surface area contributed by atoms with E-state index in [1.807, 2.05) is 0 Å². The number of likely N-dealkylation sites (tertiary alicyclic amines) is 1. The zero-order valence-corrected chi connectivity index (χ0v) is 8.30. The van der Waals surface area contributed by atoms with Crippen molar-refractivity contribution in [1.29, 1.82) is 0 Å². The lowest BCUT2D eigenvalue weighted by Crippen LogP contribution is -2.45. The highest BCUT2D eigenvalue weighted by Crippen LogP contribution is 2.15. The molecular formula is C8H14N2O2S. The summed E-state index contributed by atoms with van der Waals surface area (Å²) in [5, 5.41) is 0. The van der Waals surface area contributed by atoms with Gasteiger partial charge in [0.05, 0.1) is 0 Å². The van der Waals surface area contributed by atoms with Crippen molar-refractivity contribution in [2.75, 3.05) is 12.3 Å². The van der Waals surface area contributed by atoms with Crippen molar-refractivity contribution in [1.82, 2.24) is 4.90 Å². The Bertz CT molecular complexity index is 220. The third-order valence-corrected chi connectivity index (χ3v) is 2.48. The molecule has 1 unspecified atom stereocenters. The molecule has 0 radical (unpaired) electrons. The van der Waals surface area contributed by atoms with Crippen molar-refractivity contribution in [3.8, 4) is 0 Å². The van der Waals surface area contributed by atoms with Gasteiger partial charge >= 0.3 is 0 Å². The molecule has 0 bridgehead atoms. The van der Waals surface area contributed by atoms with Crippen LogP contribution in [0.25, 0.3) is 0 Å². The molecule has 2 amide bonds. The second kappa shape index (κ2) is 4.50. The van der Waals surface area contributed by atoms with Crippen molar-refractivity contribution in [2.45, 2.75) is 25.3 Å². The van der Waals surface area contributed by atoms with E-state index in [4.69, 9.17) is 5.73 Å². The number of rotatable bonds is 4. The van der Waals surface area contributed by atoms with Gasteiger partial charge in [-0.3, -0.25) is 9.59 Å². The number of thiol groups is 1. The number of amides is 2. The summed E-state index contributed by atoms with van der Waals surface area (Å²) < 4.78 is 0. The molecule has 0 spiro atoms. The van der Waals surface area contributed by atoms with Crippen molar-refractivity contribution >= 4 is 24.4 Å². The molecule has 4 nitrogen and oxygen atoms in total. The van der Waals surface area contributed by atoms with Gasteiger partial charge in [-0.15, -0.1) is 0 Å². The maximum absolute atomic E-state index is 11.3. The number of hydrogen-bond acceptors (Lipinski definition) is 3. The Balaban J connectivity index is 2.63. The summed E-state index contributed by atoms with van der Waals surface area (Å²) >= 11 is 4.03. The number of nitrogens with two attached hydrogens (primary N) is 1. The van der Waals surface area contributed by atoms with Crippen LogP contribution in [0.1, 0.15) is 19.3 Å². The first kappa shape index (κ1) is 10.4. The molecule has 1 aliphatic heterocycles. The van der Waals surface area contributed by atoms with Crippen LogP contribution < -0.4 is 5.73 Å². The van der Waals surface area contributed by atoms with Gasteiger partial charge in [-0.2, -0.15) is 12.6 Å². The van der Waals surface area contributed by atoms with Crippen LogP contribution in [-0.4, -0.2) is 35.1 Å². The first-order chi connectivity index (χ1) is 6.16. The van der Waals surface area contributed by atoms with Crippen LogP contribution in [-0.2, 0) is 9.59 Å². The van der Waals surface area contributed by atoms with E-state index in [9.17, 15) is 9.59 Å². The summed E-state index contributed by atoms with van der Waals surface area (Å²) in [7, 11) is 0. The van der Waals surface area contributed by atoms with Crippen molar-refractivity contribution in [2.24, 2.45) is 5.73 Å². The van der Waals surface area contributed by atoms with E-state index in [0.717, 1.165) is 6.42 Å². The summed E-state index contributed by atoms with van der Waals surface area (Å²) in [6, 6.07) is -0.451. The fourth-order valence-electron chi connectivity index (χ4n) is 1.57. The van der Waals surface area contributed by atoms with Crippen LogP contribution in [0.4, 0.5) is 0 Å². The molecule has 0 aromatic heterocycles. The average molecular weight is 202 g/mol. The molecule has 74 valence electrons. The molecule has 1 heterocycles. The Morgan fingerprint density at radius 1 is 1.69 bits per heavy atom. The van der Waals surface area contributed by atoms with E-state index < -0.39 is 11.9 Å². The van der Waals surface area contributed by atoms with Crippen molar-refractivity contribution in [3.63, 3.8) is 0 Å². The van der Waals surface area contributed by atoms with Gasteiger partial charge in [-0.1, -0.05) is 0 Å². The number of carbonyl (C=O) groups excluding carboxylic acids is 2. The zero-order valence-electron chi connectivity index (χ0n) is 7.40. The zero-order chi connectivity index (χ0) is 9.84. The molecule has 0 aromatic rings. The molecule has 1 aliphatic rings. The minimum atomic E-state index is -0.451. The maximum atomic E-state index is 11.3. The fraction of sp³-hybridized carbons (Fsp3) is 0.750. The third kappa shape index (κ3) is 2.37. The lowest BCUT2D eigenvalue weighted by Gasteiger charge is -2.24. The molecule has 1 saturated heterocycles. The quantitative estimate of drug-likeness (QED) is 0.619. The van der Waals surface area contributed by atoms with Gasteiger partial charge in [0.2, 0.25) is 11.8 Å². The van der Waals surface area contributed by atoms with Crippen LogP contribution in [0.3, 0.4) is 0 Å². The second-order valence-corrected chi connectivity index (χ2v) is 3.57. The first-order valence-electron chi connectivity index (χ1n) is 4.36. The fourth-order valence-corrected chi connectivity index (χ4v) is 1.82. The highest BCUT2D eigenvalue weighted by Gasteiger charge is 2.30. The molecule has 0 aromatic carbocycles. The Hall–Kier alpha value is -0.710. The van der Waals surface area contributed by atoms with Gasteiger partial charge in [-0.25, -0.2) is 0 Å². The third-order valence-electron chi connectivity index (χ3n) is 2.22. The predicted octanol–water partition coefficient (Wildman–Crippen LogP) is -0.217. The van der Waals surface area contributed by atoms with E-state index >= 15 is 0 Å². The van der Waals surface area contributed by atoms with Crippen LogP contribution in [0, 0.1) is 0 Å². The number of primary amides is 1. The smallest absolute Gasteiger partial charge is 0.240 e. The topological polar surface area (TPSA) is 63.4 Å². The minimum Gasteiger partial charge on any atom is -0.368 e. The van der Waals surface area contributed by atoms with Crippen molar-refractivity contribution in [3.05, 3.63) is 0 Å². The molecule has 1 rings (SSSR count). The summed E-state index contributed by atoms with van der Waals surface area (Å²) in [6.45, 7) is 0.653. The number of carbonyl (C=O) groups is 2. The largest absolute Gasteiger partial charge is 0.368 e. The van der Waals surface area contributed by atoms with Crippen molar-refractivity contribution < 1.29 is 9.59 Å². The molecule has 1 atom stereocenters. The standard InChI is InChI=1S/C8H14N2O2S/c9-8(12)6(3-5-13)10-4-1-2-7(10)11/h6,13H,1-5H2,(H2,9,12). The monoisotopic (exact) mass is 202 g/mol. The van der Waals surface area contributed by atoms with E-state index in [1.165, 1.54) is 0 Å². The molecular weight excluding hydrogens is 188 g/mol. The Morgan fingerprint density at radius 2 is 2.38 bits per heavy atom. The highest BCUT2D eigenvalue weighted by atomic mass is 32.1. The van der Waals surface area contributed by atoms with Gasteiger partial charge in [0.25, 0.3) is 0 Å². The second-order valence-electron chi connectivity index (χ2n) is 3.12. The molecule has 1 fully saturated rings.